The maximum absolute atomic E-state index is 12.3. The van der Waals surface area contributed by atoms with Gasteiger partial charge in [0.2, 0.25) is 6.73 Å². The molecule has 2 atom stereocenters. The van der Waals surface area contributed by atoms with Crippen LogP contribution in [-0.2, 0) is 22.7 Å². The summed E-state index contributed by atoms with van der Waals surface area (Å²) >= 11 is 0. The van der Waals surface area contributed by atoms with Crippen molar-refractivity contribution in [1.29, 1.82) is 0 Å². The molecular weight excluding hydrogens is 374 g/mol. The lowest BCUT2D eigenvalue weighted by atomic mass is 10.1. The normalized spacial score (nSPS) is 13.4. The fraction of sp³-hybridized carbons (Fsp3) is 0.333. The Labute approximate surface area is 169 Å². The van der Waals surface area contributed by atoms with Crippen molar-refractivity contribution in [3.63, 3.8) is 0 Å². The molecule has 0 saturated heterocycles. The molecule has 8 heteroatoms. The highest BCUT2D eigenvalue weighted by molar-refractivity contribution is 5.96. The van der Waals surface area contributed by atoms with Crippen LogP contribution in [0.1, 0.15) is 29.8 Å². The molecule has 1 unspecified atom stereocenters. The summed E-state index contributed by atoms with van der Waals surface area (Å²) in [6.45, 7) is 3.23. The van der Waals surface area contributed by atoms with Crippen molar-refractivity contribution in [3.05, 3.63) is 66.0 Å². The molecule has 1 aromatic heterocycles. The number of ether oxygens (including phenoxy) is 1. The van der Waals surface area contributed by atoms with Gasteiger partial charge in [-0.1, -0.05) is 30.3 Å². The topological polar surface area (TPSA) is 106 Å². The number of hydrogen-bond donors (Lipinski definition) is 1. The number of carboxylic acid groups (broad SMARTS) is 1. The average Bonchev–Trinajstić information content (AvgIpc) is 2.71. The number of hydrogen-bond acceptors (Lipinski definition) is 5. The number of amides is 1. The molecule has 0 saturated carbocycles. The van der Waals surface area contributed by atoms with Gasteiger partial charge in [0.25, 0.3) is 5.91 Å². The van der Waals surface area contributed by atoms with Gasteiger partial charge >= 0.3 is 5.97 Å². The van der Waals surface area contributed by atoms with E-state index in [9.17, 15) is 14.7 Å². The minimum Gasteiger partial charge on any atom is -0.546 e. The third-order valence-electron chi connectivity index (χ3n) is 4.43. The van der Waals surface area contributed by atoms with Crippen molar-refractivity contribution < 1.29 is 29.1 Å². The van der Waals surface area contributed by atoms with Crippen molar-refractivity contribution in [2.45, 2.75) is 39.1 Å². The second-order valence-corrected chi connectivity index (χ2v) is 6.74. The van der Waals surface area contributed by atoms with Gasteiger partial charge in [0, 0.05) is 19.2 Å². The van der Waals surface area contributed by atoms with Gasteiger partial charge in [-0.15, -0.1) is 0 Å². The molecule has 29 heavy (non-hydrogen) atoms. The summed E-state index contributed by atoms with van der Waals surface area (Å²) in [5.74, 6) is -1.49. The Morgan fingerprint density at radius 1 is 1.17 bits per heavy atom. The van der Waals surface area contributed by atoms with Gasteiger partial charge in [-0.05, 0) is 25.8 Å². The number of aromatic nitrogens is 1. The largest absolute Gasteiger partial charge is 0.546 e. The highest BCUT2D eigenvalue weighted by atomic mass is 16.6. The van der Waals surface area contributed by atoms with Crippen molar-refractivity contribution in [3.8, 4) is 0 Å². The fourth-order valence-corrected chi connectivity index (χ4v) is 2.58. The molecular formula is C21H25N3O5. The molecule has 0 aliphatic heterocycles. The third-order valence-corrected chi connectivity index (χ3v) is 4.43. The lowest BCUT2D eigenvalue weighted by Gasteiger charge is -2.21. The van der Waals surface area contributed by atoms with Crippen molar-refractivity contribution in [1.82, 2.24) is 4.90 Å². The summed E-state index contributed by atoms with van der Waals surface area (Å²) in [7, 11) is 1.43. The van der Waals surface area contributed by atoms with Crippen LogP contribution in [0.25, 0.3) is 0 Å². The summed E-state index contributed by atoms with van der Waals surface area (Å²) in [6, 6.07) is 11.7. The monoisotopic (exact) mass is 399 g/mol. The molecule has 0 fully saturated rings. The Morgan fingerprint density at radius 2 is 1.79 bits per heavy atom. The molecule has 1 amide bonds. The number of carboxylic acids is 1. The van der Waals surface area contributed by atoms with Gasteiger partial charge in [-0.2, -0.15) is 4.57 Å². The zero-order valence-corrected chi connectivity index (χ0v) is 16.7. The Morgan fingerprint density at radius 3 is 2.38 bits per heavy atom. The third kappa shape index (κ3) is 6.60. The van der Waals surface area contributed by atoms with Gasteiger partial charge < -0.3 is 19.8 Å². The number of likely N-dealkylation sites (N-methyl/N-ethyl adjacent to an activating group) is 1. The number of benzene rings is 1. The summed E-state index contributed by atoms with van der Waals surface area (Å²) in [5, 5.41) is 20.9. The number of nitrogens with zero attached hydrogens (tertiary/aromatic N) is 3. The van der Waals surface area contributed by atoms with Gasteiger partial charge in [0.15, 0.2) is 12.4 Å². The first-order chi connectivity index (χ1) is 13.8. The van der Waals surface area contributed by atoms with Crippen LogP contribution in [-0.4, -0.2) is 47.1 Å². The van der Waals surface area contributed by atoms with Crippen LogP contribution in [0.3, 0.4) is 0 Å². The Hall–Kier alpha value is -3.42. The second-order valence-electron chi connectivity index (χ2n) is 6.74. The first-order valence-corrected chi connectivity index (χ1v) is 9.18. The van der Waals surface area contributed by atoms with E-state index in [1.165, 1.54) is 26.1 Å². The van der Waals surface area contributed by atoms with E-state index in [1.807, 2.05) is 37.3 Å². The van der Waals surface area contributed by atoms with Crippen LogP contribution >= 0.6 is 0 Å². The van der Waals surface area contributed by atoms with Crippen LogP contribution in [0, 0.1) is 0 Å². The molecule has 1 aromatic carbocycles. The Kier molecular flexibility index (Phi) is 7.70. The number of carbonyl (C=O) groups excluding carboxylic acids is 1. The number of aliphatic imine (C=N–C) groups is 1. The SMILES string of the molecule is CC(Cc1ccccc1)N=C([O-])OC[n+]1ccc(C(=O)N(C)[C@@H](C)C(=O)O)cc1. The van der Waals surface area contributed by atoms with E-state index in [0.29, 0.717) is 12.0 Å². The quantitative estimate of drug-likeness (QED) is 0.402. The zero-order valence-electron chi connectivity index (χ0n) is 16.7. The molecule has 154 valence electrons. The highest BCUT2D eigenvalue weighted by Crippen LogP contribution is 2.06. The average molecular weight is 399 g/mol. The second kappa shape index (κ2) is 10.2. The van der Waals surface area contributed by atoms with E-state index in [2.05, 4.69) is 4.99 Å². The highest BCUT2D eigenvalue weighted by Gasteiger charge is 2.23. The van der Waals surface area contributed by atoms with E-state index < -0.39 is 24.0 Å². The van der Waals surface area contributed by atoms with Crippen molar-refractivity contribution in [2.75, 3.05) is 7.05 Å². The van der Waals surface area contributed by atoms with E-state index in [0.717, 1.165) is 10.5 Å². The summed E-state index contributed by atoms with van der Waals surface area (Å²) < 4.78 is 6.71. The van der Waals surface area contributed by atoms with Crippen LogP contribution in [0.4, 0.5) is 0 Å². The Bertz CT molecular complexity index is 852. The molecule has 1 heterocycles. The molecule has 0 spiro atoms. The molecule has 2 aromatic rings. The fourth-order valence-electron chi connectivity index (χ4n) is 2.58. The number of pyridine rings is 1. The number of carbonyl (C=O) groups is 2. The van der Waals surface area contributed by atoms with E-state index in [-0.39, 0.29) is 12.8 Å². The van der Waals surface area contributed by atoms with Crippen LogP contribution < -0.4 is 9.67 Å². The van der Waals surface area contributed by atoms with Crippen LogP contribution in [0.2, 0.25) is 0 Å². The summed E-state index contributed by atoms with van der Waals surface area (Å²) in [6.07, 6.45) is 3.14. The molecule has 8 nitrogen and oxygen atoms in total. The van der Waals surface area contributed by atoms with E-state index in [4.69, 9.17) is 9.84 Å². The summed E-state index contributed by atoms with van der Waals surface area (Å²) in [4.78, 5) is 28.4. The number of rotatable bonds is 8. The predicted molar refractivity (Wildman–Crippen MR) is 104 cm³/mol. The van der Waals surface area contributed by atoms with Gasteiger partial charge in [0.1, 0.15) is 12.1 Å². The Balaban J connectivity index is 1.89. The van der Waals surface area contributed by atoms with Crippen molar-refractivity contribution >= 4 is 18.0 Å². The molecule has 0 radical (unpaired) electrons. The van der Waals surface area contributed by atoms with Crippen LogP contribution in [0.5, 0.6) is 0 Å². The predicted octanol–water partition coefficient (Wildman–Crippen LogP) is 0.841. The van der Waals surface area contributed by atoms with Gasteiger partial charge in [-0.3, -0.25) is 9.79 Å². The minimum absolute atomic E-state index is 0.0454. The van der Waals surface area contributed by atoms with E-state index in [1.54, 1.807) is 17.0 Å². The lowest BCUT2D eigenvalue weighted by Crippen LogP contribution is -2.41. The molecule has 2 rings (SSSR count). The van der Waals surface area contributed by atoms with E-state index >= 15 is 0 Å². The molecule has 0 aliphatic carbocycles. The van der Waals surface area contributed by atoms with Crippen molar-refractivity contribution in [2.24, 2.45) is 4.99 Å². The maximum atomic E-state index is 12.3. The molecule has 0 aliphatic rings. The smallest absolute Gasteiger partial charge is 0.326 e. The summed E-state index contributed by atoms with van der Waals surface area (Å²) in [5.41, 5.74) is 1.43. The van der Waals surface area contributed by atoms with Gasteiger partial charge in [0.05, 0.1) is 11.6 Å². The zero-order chi connectivity index (χ0) is 21.4. The lowest BCUT2D eigenvalue weighted by molar-refractivity contribution is -0.728. The standard InChI is InChI=1S/C21H25N3O5/c1-15(13-17-7-5-4-6-8-17)22-21(28)29-14-24-11-9-18(10-12-24)19(25)23(3)16(2)20(26)27/h4-12,15-16H,13-14H2,1-3H3,(H-,22,26,27,28)/t15?,16-/m0/s1. The first kappa shape index (κ1) is 21.9. The first-order valence-electron chi connectivity index (χ1n) is 9.18. The maximum Gasteiger partial charge on any atom is 0.326 e. The molecule has 0 bridgehead atoms. The molecule has 1 N–H and O–H groups in total. The minimum atomic E-state index is -1.08. The number of aliphatic carboxylic acids is 1. The van der Waals surface area contributed by atoms with Gasteiger partial charge in [-0.25, -0.2) is 4.79 Å². The van der Waals surface area contributed by atoms with Crippen LogP contribution in [0.15, 0.2) is 59.9 Å².